The Morgan fingerprint density at radius 3 is 0.608 bits per heavy atom. The normalized spacial score (nSPS) is 19.5. The summed E-state index contributed by atoms with van der Waals surface area (Å²) >= 11 is 0. The van der Waals surface area contributed by atoms with E-state index in [0.29, 0.717) is 121 Å². The molecule has 0 radical (unpaired) electrons. The van der Waals surface area contributed by atoms with Gasteiger partial charge in [0.05, 0.1) is 0 Å². The zero-order valence-electron chi connectivity index (χ0n) is 47.6. The standard InChI is InChI=1S/C59H88N10O10/c1-66-32-14-8-22-40-42(52(72)50(40)70)24-10-16-34-67(2)36-18-28-62-46-44(54(74)56(46)76)60-26-12-6-5-7-13-27-61-45-47(57(77)55(45)75)63-30-20-38-69(4)39-21-31-65-49-48(58(78)59(49)79)64-29-19-37-68(3)35-17-11-25-43-41(23-9-15-33-66)51(71)53(43)73/h60-65H,5-39H2,1-4H3. The molecule has 0 amide bonds. The number of nitrogens with one attached hydrogen (secondary N) is 6. The molecule has 79 heavy (non-hydrogen) atoms. The quantitative estimate of drug-likeness (QED) is 0.122. The number of anilines is 6. The molecular weight excluding hydrogens is 1010 g/mol. The van der Waals surface area contributed by atoms with Crippen LogP contribution in [0.2, 0.25) is 0 Å². The molecule has 0 unspecified atom stereocenters. The maximum Gasteiger partial charge on any atom is 0.253 e. The number of hydrogen-bond acceptors (Lipinski definition) is 20. The van der Waals surface area contributed by atoms with Crippen LogP contribution in [0.5, 0.6) is 0 Å². The third-order valence-corrected chi connectivity index (χ3v) is 15.9. The average molecular weight is 1100 g/mol. The van der Waals surface area contributed by atoms with E-state index in [4.69, 9.17) is 0 Å². The van der Waals surface area contributed by atoms with Crippen molar-refractivity contribution < 1.29 is 0 Å². The molecule has 5 aromatic rings. The zero-order chi connectivity index (χ0) is 56.8. The highest BCUT2D eigenvalue weighted by atomic mass is 16.2. The Labute approximate surface area is 463 Å². The molecule has 0 atom stereocenters. The minimum atomic E-state index is -0.511. The Morgan fingerprint density at radius 1 is 0.215 bits per heavy atom. The van der Waals surface area contributed by atoms with Crippen LogP contribution < -0.4 is 86.2 Å². The second-order valence-corrected chi connectivity index (χ2v) is 22.2. The largest absolute Gasteiger partial charge is 0.380 e. The highest BCUT2D eigenvalue weighted by molar-refractivity contribution is 5.75. The Balaban J connectivity index is 0.927. The van der Waals surface area contributed by atoms with Crippen LogP contribution in [-0.2, 0) is 25.7 Å². The zero-order valence-corrected chi connectivity index (χ0v) is 47.6. The van der Waals surface area contributed by atoms with Gasteiger partial charge in [0, 0.05) is 61.5 Å². The van der Waals surface area contributed by atoms with Gasteiger partial charge >= 0.3 is 0 Å². The summed E-state index contributed by atoms with van der Waals surface area (Å²) in [6, 6.07) is 0. The van der Waals surface area contributed by atoms with Crippen molar-refractivity contribution in [3.63, 3.8) is 0 Å². The summed E-state index contributed by atoms with van der Waals surface area (Å²) in [6.07, 6.45) is 16.7. The predicted octanol–water partition coefficient (Wildman–Crippen LogP) is 2.48. The first-order chi connectivity index (χ1) is 38.1. The molecule has 434 valence electrons. The fraction of sp³-hybridized carbons (Fsp3) is 0.661. The van der Waals surface area contributed by atoms with Gasteiger partial charge in [0.15, 0.2) is 0 Å². The Morgan fingerprint density at radius 2 is 0.392 bits per heavy atom. The van der Waals surface area contributed by atoms with E-state index in [1.54, 1.807) is 0 Å². The summed E-state index contributed by atoms with van der Waals surface area (Å²) in [7, 11) is 8.13. The molecule has 1 aliphatic heterocycles. The van der Waals surface area contributed by atoms with E-state index in [2.05, 4.69) is 58.5 Å². The highest BCUT2D eigenvalue weighted by Gasteiger charge is 2.24. The fourth-order valence-electron chi connectivity index (χ4n) is 10.9. The lowest BCUT2D eigenvalue weighted by atomic mass is 9.92. The van der Waals surface area contributed by atoms with Crippen molar-refractivity contribution in [1.29, 1.82) is 0 Å². The maximum atomic E-state index is 12.5. The van der Waals surface area contributed by atoms with E-state index in [1.807, 2.05) is 21.1 Å². The Bertz CT molecular complexity index is 2880. The first-order valence-corrected chi connectivity index (χ1v) is 29.4. The van der Waals surface area contributed by atoms with E-state index >= 15 is 0 Å². The molecule has 6 N–H and O–H groups in total. The summed E-state index contributed by atoms with van der Waals surface area (Å²) in [5, 5.41) is 18.9. The molecule has 0 bridgehead atoms. The number of hydrogen-bond donors (Lipinski definition) is 6. The van der Waals surface area contributed by atoms with Gasteiger partial charge in [-0.3, -0.25) is 47.9 Å². The van der Waals surface area contributed by atoms with E-state index in [-0.39, 0.29) is 21.7 Å². The first-order valence-electron chi connectivity index (χ1n) is 29.4. The molecular formula is C59H88N10O10. The lowest BCUT2D eigenvalue weighted by Crippen LogP contribution is -2.40. The molecule has 5 aromatic carbocycles. The summed E-state index contributed by atoms with van der Waals surface area (Å²) < 4.78 is 0. The molecule has 0 saturated heterocycles. The lowest BCUT2D eigenvalue weighted by Gasteiger charge is -2.20. The van der Waals surface area contributed by atoms with Gasteiger partial charge in [-0.05, 0) is 196 Å². The average Bonchev–Trinajstić information content (AvgIpc) is 3.48. The van der Waals surface area contributed by atoms with Crippen molar-refractivity contribution in [2.75, 3.05) is 152 Å². The van der Waals surface area contributed by atoms with E-state index < -0.39 is 32.6 Å². The van der Waals surface area contributed by atoms with E-state index in [9.17, 15) is 47.9 Å². The maximum absolute atomic E-state index is 12.5. The summed E-state index contributed by atoms with van der Waals surface area (Å²) in [5.41, 5.74) is 0.405. The van der Waals surface area contributed by atoms with Gasteiger partial charge in [0.2, 0.25) is 21.7 Å². The molecule has 20 heteroatoms. The minimum absolute atomic E-state index is 0.332. The van der Waals surface area contributed by atoms with Gasteiger partial charge in [-0.1, -0.05) is 19.3 Å². The van der Waals surface area contributed by atoms with Crippen LogP contribution >= 0.6 is 0 Å². The molecule has 0 aliphatic carbocycles. The Hall–Kier alpha value is -5.96. The van der Waals surface area contributed by atoms with Crippen molar-refractivity contribution >= 4 is 34.1 Å². The number of nitrogens with zero attached hydrogens (tertiary/aromatic N) is 4. The van der Waals surface area contributed by atoms with Gasteiger partial charge in [-0.15, -0.1) is 0 Å². The summed E-state index contributed by atoms with van der Waals surface area (Å²) in [4.78, 5) is 133. The van der Waals surface area contributed by atoms with Crippen molar-refractivity contribution in [2.45, 2.75) is 135 Å². The molecule has 0 saturated carbocycles. The van der Waals surface area contributed by atoms with Gasteiger partial charge in [0.1, 0.15) is 34.1 Å². The second-order valence-electron chi connectivity index (χ2n) is 22.2. The lowest BCUT2D eigenvalue weighted by molar-refractivity contribution is 0.318. The molecule has 1 aliphatic rings. The fourth-order valence-corrected chi connectivity index (χ4v) is 10.9. The molecule has 6 rings (SSSR count). The third kappa shape index (κ3) is 17.5. The molecule has 0 fully saturated rings. The van der Waals surface area contributed by atoms with Gasteiger partial charge < -0.3 is 51.5 Å². The molecule has 1 heterocycles. The van der Waals surface area contributed by atoms with Gasteiger partial charge in [-0.2, -0.15) is 0 Å². The predicted molar refractivity (Wildman–Crippen MR) is 321 cm³/mol. The van der Waals surface area contributed by atoms with Crippen molar-refractivity contribution in [2.24, 2.45) is 0 Å². The van der Waals surface area contributed by atoms with Crippen LogP contribution in [0.15, 0.2) is 47.9 Å². The topological polar surface area (TPSA) is 256 Å². The van der Waals surface area contributed by atoms with Crippen LogP contribution in [0.3, 0.4) is 0 Å². The molecule has 20 nitrogen and oxygen atoms in total. The van der Waals surface area contributed by atoms with Crippen molar-refractivity contribution in [3.05, 3.63) is 124 Å². The van der Waals surface area contributed by atoms with E-state index in [0.717, 1.165) is 162 Å². The van der Waals surface area contributed by atoms with Crippen LogP contribution in [-0.4, -0.2) is 139 Å². The molecule has 0 aromatic heterocycles. The number of rotatable bonds is 0. The van der Waals surface area contributed by atoms with Crippen LogP contribution in [0.4, 0.5) is 34.1 Å². The first kappa shape index (κ1) is 62.2. The van der Waals surface area contributed by atoms with Gasteiger partial charge in [0.25, 0.3) is 32.6 Å². The molecule has 0 spiro atoms. The van der Waals surface area contributed by atoms with Crippen LogP contribution in [0.25, 0.3) is 0 Å². The summed E-state index contributed by atoms with van der Waals surface area (Å²) in [6.45, 7) is 9.73. The van der Waals surface area contributed by atoms with Crippen LogP contribution in [0, 0.1) is 0 Å². The number of fused-ring (bicyclic) bond motifs is 5. The summed E-state index contributed by atoms with van der Waals surface area (Å²) in [5.74, 6) is 0. The van der Waals surface area contributed by atoms with Crippen LogP contribution in [0.1, 0.15) is 131 Å². The highest BCUT2D eigenvalue weighted by Crippen LogP contribution is 2.19. The van der Waals surface area contributed by atoms with E-state index in [1.165, 1.54) is 0 Å². The SMILES string of the molecule is CN1CCCCc2c(c(=O)c2=O)CCCCN(C)CCCNc2c(c(=O)c2=O)NCCCCCCCNc2c(c(=O)c2=O)NCCCN(C)CCCNc2c(c(=O)c2=O)NCCCN(C)CCCCc2c(c(=O)c2=O)CCCC1. The third-order valence-electron chi connectivity index (χ3n) is 15.9. The minimum Gasteiger partial charge on any atom is -0.380 e. The van der Waals surface area contributed by atoms with Gasteiger partial charge in [-0.25, -0.2) is 0 Å². The monoisotopic (exact) mass is 1100 g/mol. The van der Waals surface area contributed by atoms with Crippen molar-refractivity contribution in [1.82, 2.24) is 19.6 Å². The smallest absolute Gasteiger partial charge is 0.253 e. The Kier molecular flexibility index (Phi) is 25.0. The second kappa shape index (κ2) is 31.7. The van der Waals surface area contributed by atoms with Crippen molar-refractivity contribution in [3.8, 4) is 0 Å².